The number of urea groups is 1. The van der Waals surface area contributed by atoms with Crippen molar-refractivity contribution in [3.05, 3.63) is 34.6 Å². The summed E-state index contributed by atoms with van der Waals surface area (Å²) in [4.78, 5) is 15.2. The van der Waals surface area contributed by atoms with Gasteiger partial charge in [-0.15, -0.1) is 0 Å². The zero-order chi connectivity index (χ0) is 26.8. The van der Waals surface area contributed by atoms with E-state index in [2.05, 4.69) is 11.0 Å². The van der Waals surface area contributed by atoms with Crippen LogP contribution in [0, 0.1) is 17.7 Å². The summed E-state index contributed by atoms with van der Waals surface area (Å²) < 4.78 is 20.3. The Bertz CT molecular complexity index is 857. The average Bonchev–Trinajstić information content (AvgIpc) is 2.89. The van der Waals surface area contributed by atoms with E-state index in [-0.39, 0.29) is 50.4 Å². The number of likely N-dealkylation sites (tertiary alicyclic amines) is 1. The number of aliphatic hydroxyl groups is 2. The third kappa shape index (κ3) is 8.57. The molecule has 3 rings (SSSR count). The van der Waals surface area contributed by atoms with Crippen molar-refractivity contribution in [1.82, 2.24) is 10.2 Å². The van der Waals surface area contributed by atoms with Gasteiger partial charge in [0.05, 0.1) is 0 Å². The van der Waals surface area contributed by atoms with Crippen molar-refractivity contribution in [2.75, 3.05) is 26.8 Å². The first-order valence-corrected chi connectivity index (χ1v) is 17.3. The van der Waals surface area contributed by atoms with Gasteiger partial charge in [-0.3, -0.25) is 0 Å². The topological polar surface area (TPSA) is 82.0 Å². The zero-order valence-electron chi connectivity index (χ0n) is 22.3. The summed E-state index contributed by atoms with van der Waals surface area (Å²) in [6, 6.07) is 4.84. The molecule has 3 atom stereocenters. The van der Waals surface area contributed by atoms with Gasteiger partial charge in [-0.2, -0.15) is 0 Å². The Kier molecular flexibility index (Phi) is 12.5. The molecule has 0 unspecified atom stereocenters. The van der Waals surface area contributed by atoms with E-state index in [9.17, 15) is 15.0 Å². The summed E-state index contributed by atoms with van der Waals surface area (Å²) >= 11 is 6.26. The van der Waals surface area contributed by atoms with Crippen molar-refractivity contribution >= 4 is 33.4 Å². The van der Waals surface area contributed by atoms with E-state index in [1.165, 1.54) is 6.07 Å². The molecule has 3 N–H and O–H groups in total. The standard InChI is InChI=1S/C28H44AsClFN2O4/c1-29-18-22(17-20-10-12-23(34)13-11-20)32-27(35)33-15-6-7-21(19-33)28(36,14-3-4-16-37-2)24-8-5-9-25(30)26(24)31/h5,8-9,20-23,34,36H,3-4,6-7,10-19H2,1-2H3,(H,32,35)/t20?,21-,22+,23?,28+/m1/s1. The van der Waals surface area contributed by atoms with Crippen LogP contribution in [0.25, 0.3) is 0 Å². The number of unbranched alkanes of at least 4 members (excludes halogenated alkanes) is 1. The fourth-order valence-corrected chi connectivity index (χ4v) is 7.64. The number of methoxy groups -OCH3 is 1. The van der Waals surface area contributed by atoms with Gasteiger partial charge < -0.3 is 4.74 Å². The van der Waals surface area contributed by atoms with Crippen LogP contribution in [0.4, 0.5) is 9.18 Å². The number of hydrogen-bond acceptors (Lipinski definition) is 4. The number of nitrogens with one attached hydrogen (secondary N) is 1. The van der Waals surface area contributed by atoms with Gasteiger partial charge in [-0.05, 0) is 0 Å². The molecule has 6 nitrogen and oxygen atoms in total. The monoisotopic (exact) mass is 601 g/mol. The third-order valence-electron chi connectivity index (χ3n) is 8.12. The van der Waals surface area contributed by atoms with E-state index >= 15 is 4.39 Å². The molecular formula is C28H44AsClFN2O4. The second-order valence-corrected chi connectivity index (χ2v) is 13.3. The minimum absolute atomic E-state index is 0.00123. The minimum atomic E-state index is -1.42. The summed E-state index contributed by atoms with van der Waals surface area (Å²) in [6.45, 7) is 1.58. The Morgan fingerprint density at radius 3 is 2.76 bits per heavy atom. The summed E-state index contributed by atoms with van der Waals surface area (Å²) in [5.74, 6) is -0.333. The SMILES string of the molecule is COCCCC[C@@](O)(c1cccc(Cl)c1F)[C@@H]1CCCN(C(=O)N[C@H](C[As]C)CC2CCC(O)CC2)C1. The van der Waals surface area contributed by atoms with Crippen molar-refractivity contribution in [3.63, 3.8) is 0 Å². The van der Waals surface area contributed by atoms with Gasteiger partial charge in [0.15, 0.2) is 0 Å². The fraction of sp³-hybridized carbons (Fsp3) is 0.750. The quantitative estimate of drug-likeness (QED) is 0.222. The number of aliphatic hydroxyl groups excluding tert-OH is 1. The van der Waals surface area contributed by atoms with Crippen molar-refractivity contribution in [2.24, 2.45) is 11.8 Å². The molecule has 37 heavy (non-hydrogen) atoms. The molecule has 1 aliphatic heterocycles. The molecule has 1 saturated carbocycles. The molecule has 209 valence electrons. The molecule has 1 aromatic rings. The van der Waals surface area contributed by atoms with Crippen LogP contribution in [0.5, 0.6) is 0 Å². The number of benzene rings is 1. The molecule has 2 fully saturated rings. The second-order valence-electron chi connectivity index (χ2n) is 10.8. The number of carbonyl (C=O) groups is 1. The Hall–Kier alpha value is -0.852. The van der Waals surface area contributed by atoms with Crippen LogP contribution in [-0.4, -0.2) is 75.8 Å². The number of ether oxygens (including phenoxy) is 1. The van der Waals surface area contributed by atoms with Crippen LogP contribution in [-0.2, 0) is 10.3 Å². The fourth-order valence-electron chi connectivity index (χ4n) is 6.04. The molecule has 0 bridgehead atoms. The Morgan fingerprint density at radius 2 is 2.05 bits per heavy atom. The second kappa shape index (κ2) is 15.1. The van der Waals surface area contributed by atoms with E-state index in [0.717, 1.165) is 50.2 Å². The van der Waals surface area contributed by atoms with Crippen molar-refractivity contribution in [3.8, 4) is 0 Å². The van der Waals surface area contributed by atoms with Gasteiger partial charge in [0.2, 0.25) is 0 Å². The Morgan fingerprint density at radius 1 is 1.30 bits per heavy atom. The molecule has 1 aliphatic carbocycles. The number of hydrogen-bond donors (Lipinski definition) is 3. The normalized spacial score (nSPS) is 25.2. The van der Waals surface area contributed by atoms with E-state index < -0.39 is 11.4 Å². The molecule has 0 spiro atoms. The first-order chi connectivity index (χ1) is 17.8. The number of nitrogens with zero attached hydrogens (tertiary/aromatic N) is 1. The Balaban J connectivity index is 1.70. The molecule has 2 amide bonds. The van der Waals surface area contributed by atoms with E-state index in [1.807, 2.05) is 0 Å². The van der Waals surface area contributed by atoms with Gasteiger partial charge in [-0.1, -0.05) is 0 Å². The molecule has 1 radical (unpaired) electrons. The number of carbonyl (C=O) groups excluding carboxylic acids is 1. The van der Waals surface area contributed by atoms with Crippen LogP contribution in [0.3, 0.4) is 0 Å². The van der Waals surface area contributed by atoms with E-state index in [0.29, 0.717) is 44.9 Å². The van der Waals surface area contributed by atoms with Gasteiger partial charge >= 0.3 is 222 Å². The molecule has 2 aliphatic rings. The third-order valence-corrected chi connectivity index (χ3v) is 10.1. The van der Waals surface area contributed by atoms with Crippen molar-refractivity contribution in [2.45, 2.75) is 92.9 Å². The predicted molar refractivity (Wildman–Crippen MR) is 147 cm³/mol. The van der Waals surface area contributed by atoms with Crippen LogP contribution in [0.15, 0.2) is 18.2 Å². The number of rotatable bonds is 12. The van der Waals surface area contributed by atoms with Gasteiger partial charge in [0.25, 0.3) is 0 Å². The summed E-state index contributed by atoms with van der Waals surface area (Å²) in [5.41, 5.74) is 1.02. The first kappa shape index (κ1) is 30.7. The number of piperidine rings is 1. The first-order valence-electron chi connectivity index (χ1n) is 13.7. The maximum absolute atomic E-state index is 15.2. The predicted octanol–water partition coefficient (Wildman–Crippen LogP) is 5.39. The van der Waals surface area contributed by atoms with Crippen LogP contribution >= 0.6 is 11.6 Å². The van der Waals surface area contributed by atoms with Gasteiger partial charge in [0, 0.05) is 7.11 Å². The van der Waals surface area contributed by atoms with E-state index in [1.54, 1.807) is 24.1 Å². The number of halogens is 2. The zero-order valence-corrected chi connectivity index (χ0v) is 24.9. The molecule has 1 heterocycles. The van der Waals surface area contributed by atoms with Crippen LogP contribution in [0.1, 0.15) is 69.8 Å². The summed E-state index contributed by atoms with van der Waals surface area (Å²) in [5, 5.41) is 26.1. The van der Waals surface area contributed by atoms with Crippen molar-refractivity contribution < 1.29 is 24.1 Å². The van der Waals surface area contributed by atoms with E-state index in [4.69, 9.17) is 16.3 Å². The average molecular weight is 602 g/mol. The van der Waals surface area contributed by atoms with Crippen LogP contribution < -0.4 is 5.32 Å². The summed E-state index contributed by atoms with van der Waals surface area (Å²) in [6.07, 6.45) is 7.79. The molecule has 1 aromatic carbocycles. The van der Waals surface area contributed by atoms with Crippen LogP contribution in [0.2, 0.25) is 15.9 Å². The summed E-state index contributed by atoms with van der Waals surface area (Å²) in [7, 11) is 1.64. The Labute approximate surface area is 233 Å². The molecule has 9 heteroatoms. The van der Waals surface area contributed by atoms with Crippen molar-refractivity contribution in [1.29, 1.82) is 0 Å². The number of amides is 2. The maximum atomic E-state index is 15.2. The van der Waals surface area contributed by atoms with Gasteiger partial charge in [-0.25, -0.2) is 0 Å². The molecule has 0 aromatic heterocycles. The molecule has 1 saturated heterocycles. The molecular weight excluding hydrogens is 558 g/mol. The van der Waals surface area contributed by atoms with Gasteiger partial charge in [0.1, 0.15) is 0 Å².